The van der Waals surface area contributed by atoms with Crippen molar-refractivity contribution in [1.29, 1.82) is 0 Å². The fourth-order valence-electron chi connectivity index (χ4n) is 2.13. The van der Waals surface area contributed by atoms with E-state index in [0.29, 0.717) is 13.2 Å². The van der Waals surface area contributed by atoms with Crippen molar-refractivity contribution in [2.24, 2.45) is 5.41 Å². The SMILES string of the molecule is COCCC1(C(=O)N(C)CCO)CCC1. The van der Waals surface area contributed by atoms with Crippen molar-refractivity contribution >= 4 is 5.91 Å². The molecule has 88 valence electrons. The van der Waals surface area contributed by atoms with Gasteiger partial charge in [0.25, 0.3) is 0 Å². The van der Waals surface area contributed by atoms with E-state index in [4.69, 9.17) is 9.84 Å². The normalized spacial score (nSPS) is 18.3. The lowest BCUT2D eigenvalue weighted by Gasteiger charge is -2.42. The van der Waals surface area contributed by atoms with Crippen LogP contribution in [0.1, 0.15) is 25.7 Å². The number of carbonyl (C=O) groups excluding carboxylic acids is 1. The Hall–Kier alpha value is -0.610. The van der Waals surface area contributed by atoms with Crippen LogP contribution in [0.3, 0.4) is 0 Å². The van der Waals surface area contributed by atoms with Crippen molar-refractivity contribution < 1.29 is 14.6 Å². The molecule has 0 aliphatic heterocycles. The number of carbonyl (C=O) groups is 1. The molecule has 0 atom stereocenters. The summed E-state index contributed by atoms with van der Waals surface area (Å²) >= 11 is 0. The largest absolute Gasteiger partial charge is 0.395 e. The number of aliphatic hydroxyl groups excluding tert-OH is 1. The minimum Gasteiger partial charge on any atom is -0.395 e. The molecular formula is C11H21NO3. The maximum absolute atomic E-state index is 12.1. The molecule has 15 heavy (non-hydrogen) atoms. The van der Waals surface area contributed by atoms with E-state index in [0.717, 1.165) is 25.7 Å². The number of likely N-dealkylation sites (N-methyl/N-ethyl adjacent to an activating group) is 1. The zero-order chi connectivity index (χ0) is 11.3. The van der Waals surface area contributed by atoms with Crippen LogP contribution < -0.4 is 0 Å². The summed E-state index contributed by atoms with van der Waals surface area (Å²) in [5.41, 5.74) is -0.195. The van der Waals surface area contributed by atoms with E-state index in [1.54, 1.807) is 19.1 Å². The van der Waals surface area contributed by atoms with Gasteiger partial charge in [-0.25, -0.2) is 0 Å². The summed E-state index contributed by atoms with van der Waals surface area (Å²) in [5.74, 6) is 0.167. The highest BCUT2D eigenvalue weighted by Gasteiger charge is 2.44. The summed E-state index contributed by atoms with van der Waals surface area (Å²) in [6, 6.07) is 0. The van der Waals surface area contributed by atoms with Gasteiger partial charge in [-0.15, -0.1) is 0 Å². The molecule has 0 spiro atoms. The lowest BCUT2D eigenvalue weighted by molar-refractivity contribution is -0.148. The fraction of sp³-hybridized carbons (Fsp3) is 0.909. The van der Waals surface area contributed by atoms with E-state index >= 15 is 0 Å². The molecule has 1 rings (SSSR count). The number of hydrogen-bond donors (Lipinski definition) is 1. The van der Waals surface area contributed by atoms with Crippen LogP contribution in [0.4, 0.5) is 0 Å². The van der Waals surface area contributed by atoms with E-state index in [1.807, 2.05) is 0 Å². The minimum atomic E-state index is -0.195. The molecule has 1 fully saturated rings. The van der Waals surface area contributed by atoms with Gasteiger partial charge in [0.1, 0.15) is 0 Å². The zero-order valence-electron chi connectivity index (χ0n) is 9.66. The average Bonchev–Trinajstić information content (AvgIpc) is 2.16. The van der Waals surface area contributed by atoms with Gasteiger partial charge in [-0.2, -0.15) is 0 Å². The number of hydrogen-bond acceptors (Lipinski definition) is 3. The standard InChI is InChI=1S/C11H21NO3/c1-12(7-8-13)10(14)11(4-3-5-11)6-9-15-2/h13H,3-9H2,1-2H3. The fourth-order valence-corrected chi connectivity index (χ4v) is 2.13. The molecule has 0 aromatic carbocycles. The van der Waals surface area contributed by atoms with Crippen LogP contribution in [0.25, 0.3) is 0 Å². The van der Waals surface area contributed by atoms with Gasteiger partial charge in [-0.3, -0.25) is 4.79 Å². The third-order valence-electron chi connectivity index (χ3n) is 3.33. The molecule has 4 nitrogen and oxygen atoms in total. The zero-order valence-corrected chi connectivity index (χ0v) is 9.66. The van der Waals surface area contributed by atoms with Crippen LogP contribution in [0.15, 0.2) is 0 Å². The summed E-state index contributed by atoms with van der Waals surface area (Å²) in [6.07, 6.45) is 3.86. The van der Waals surface area contributed by atoms with Crippen molar-refractivity contribution in [3.05, 3.63) is 0 Å². The summed E-state index contributed by atoms with van der Waals surface area (Å²) in [5, 5.41) is 8.80. The molecule has 0 radical (unpaired) electrons. The molecule has 0 aromatic heterocycles. The predicted octanol–water partition coefficient (Wildman–Crippen LogP) is 0.644. The van der Waals surface area contributed by atoms with Gasteiger partial charge in [0.15, 0.2) is 0 Å². The first-order valence-electron chi connectivity index (χ1n) is 5.51. The molecule has 1 aliphatic carbocycles. The van der Waals surface area contributed by atoms with Gasteiger partial charge in [0, 0.05) is 27.3 Å². The lowest BCUT2D eigenvalue weighted by Crippen LogP contribution is -2.47. The molecule has 0 heterocycles. The molecule has 1 saturated carbocycles. The van der Waals surface area contributed by atoms with Gasteiger partial charge in [0.2, 0.25) is 5.91 Å². The van der Waals surface area contributed by atoms with Crippen LogP contribution in [-0.4, -0.2) is 49.8 Å². The van der Waals surface area contributed by atoms with Crippen molar-refractivity contribution in [3.63, 3.8) is 0 Å². The Balaban J connectivity index is 2.52. The van der Waals surface area contributed by atoms with Crippen LogP contribution in [0, 0.1) is 5.41 Å². The maximum Gasteiger partial charge on any atom is 0.228 e. The Morgan fingerprint density at radius 3 is 2.60 bits per heavy atom. The first kappa shape index (κ1) is 12.5. The van der Waals surface area contributed by atoms with E-state index in [-0.39, 0.29) is 17.9 Å². The number of nitrogens with zero attached hydrogens (tertiary/aromatic N) is 1. The molecule has 1 N–H and O–H groups in total. The van der Waals surface area contributed by atoms with Crippen LogP contribution in [0.2, 0.25) is 0 Å². The summed E-state index contributed by atoms with van der Waals surface area (Å²) in [7, 11) is 3.42. The molecule has 4 heteroatoms. The second-order valence-corrected chi connectivity index (χ2v) is 4.33. The Kier molecular flexibility index (Phi) is 4.54. The predicted molar refractivity (Wildman–Crippen MR) is 57.5 cm³/mol. The van der Waals surface area contributed by atoms with Gasteiger partial charge < -0.3 is 14.7 Å². The molecule has 0 saturated heterocycles. The van der Waals surface area contributed by atoms with E-state index in [2.05, 4.69) is 0 Å². The van der Waals surface area contributed by atoms with Gasteiger partial charge >= 0.3 is 0 Å². The van der Waals surface area contributed by atoms with Crippen molar-refractivity contribution in [3.8, 4) is 0 Å². The molecular weight excluding hydrogens is 194 g/mol. The van der Waals surface area contributed by atoms with E-state index in [9.17, 15) is 4.79 Å². The van der Waals surface area contributed by atoms with Crippen LogP contribution >= 0.6 is 0 Å². The van der Waals surface area contributed by atoms with Crippen molar-refractivity contribution in [1.82, 2.24) is 4.90 Å². The van der Waals surface area contributed by atoms with Gasteiger partial charge in [-0.05, 0) is 19.3 Å². The topological polar surface area (TPSA) is 49.8 Å². The highest BCUT2D eigenvalue weighted by atomic mass is 16.5. The number of aliphatic hydroxyl groups is 1. The number of amides is 1. The van der Waals surface area contributed by atoms with Crippen molar-refractivity contribution in [2.75, 3.05) is 33.9 Å². The Morgan fingerprint density at radius 2 is 2.20 bits per heavy atom. The second-order valence-electron chi connectivity index (χ2n) is 4.33. The Morgan fingerprint density at radius 1 is 1.53 bits per heavy atom. The first-order chi connectivity index (χ1) is 7.16. The molecule has 0 aromatic rings. The highest BCUT2D eigenvalue weighted by Crippen LogP contribution is 2.45. The summed E-state index contributed by atoms with van der Waals surface area (Å²) in [4.78, 5) is 13.7. The minimum absolute atomic E-state index is 0.0304. The van der Waals surface area contributed by atoms with Gasteiger partial charge in [-0.1, -0.05) is 6.42 Å². The number of rotatable bonds is 6. The average molecular weight is 215 g/mol. The third-order valence-corrected chi connectivity index (χ3v) is 3.33. The smallest absolute Gasteiger partial charge is 0.228 e. The summed E-state index contributed by atoms with van der Waals surface area (Å²) < 4.78 is 5.04. The second kappa shape index (κ2) is 5.47. The third kappa shape index (κ3) is 2.69. The monoisotopic (exact) mass is 215 g/mol. The number of ether oxygens (including phenoxy) is 1. The van der Waals surface area contributed by atoms with E-state index in [1.165, 1.54) is 0 Å². The Bertz CT molecular complexity index is 214. The molecule has 1 amide bonds. The van der Waals surface area contributed by atoms with Gasteiger partial charge in [0.05, 0.1) is 12.0 Å². The Labute approximate surface area is 91.2 Å². The lowest BCUT2D eigenvalue weighted by atomic mass is 9.66. The van der Waals surface area contributed by atoms with Crippen LogP contribution in [0.5, 0.6) is 0 Å². The molecule has 1 aliphatic rings. The maximum atomic E-state index is 12.1. The highest BCUT2D eigenvalue weighted by molar-refractivity contribution is 5.83. The quantitative estimate of drug-likeness (QED) is 0.707. The first-order valence-corrected chi connectivity index (χ1v) is 5.51. The molecule has 0 unspecified atom stereocenters. The van der Waals surface area contributed by atoms with E-state index < -0.39 is 0 Å². The van der Waals surface area contributed by atoms with Crippen molar-refractivity contribution in [2.45, 2.75) is 25.7 Å². The number of methoxy groups -OCH3 is 1. The summed E-state index contributed by atoms with van der Waals surface area (Å²) in [6.45, 7) is 1.09. The van der Waals surface area contributed by atoms with Crippen LogP contribution in [-0.2, 0) is 9.53 Å². The molecule has 0 bridgehead atoms.